The molecule has 4 rings (SSSR count). The van der Waals surface area contributed by atoms with Crippen molar-refractivity contribution in [1.82, 2.24) is 35.2 Å². The minimum atomic E-state index is 0. The van der Waals surface area contributed by atoms with E-state index >= 15 is 0 Å². The van der Waals surface area contributed by atoms with Gasteiger partial charge in [0.25, 0.3) is 0 Å². The van der Waals surface area contributed by atoms with Crippen LogP contribution in [0.15, 0.2) is 47.7 Å². The monoisotopic (exact) mass is 536 g/mol. The van der Waals surface area contributed by atoms with E-state index in [0.29, 0.717) is 13.2 Å². The molecule has 0 spiro atoms. The highest BCUT2D eigenvalue weighted by Crippen LogP contribution is 2.31. The number of nitrogens with zero attached hydrogens (tertiary/aromatic N) is 6. The third kappa shape index (κ3) is 5.96. The Labute approximate surface area is 199 Å². The van der Waals surface area contributed by atoms with Gasteiger partial charge in [0.15, 0.2) is 11.8 Å². The Morgan fingerprint density at radius 1 is 1.26 bits per heavy atom. The first-order valence-electron chi connectivity index (χ1n) is 10.3. The van der Waals surface area contributed by atoms with Crippen molar-refractivity contribution in [2.75, 3.05) is 13.2 Å². The Balaban J connectivity index is 0.00000272. The predicted octanol–water partition coefficient (Wildman–Crippen LogP) is 2.59. The van der Waals surface area contributed by atoms with Gasteiger partial charge >= 0.3 is 0 Å². The Morgan fingerprint density at radius 3 is 2.90 bits per heavy atom. The molecule has 10 heteroatoms. The van der Waals surface area contributed by atoms with E-state index in [4.69, 9.17) is 9.73 Å². The van der Waals surface area contributed by atoms with Crippen molar-refractivity contribution in [3.05, 3.63) is 59.9 Å². The van der Waals surface area contributed by atoms with Gasteiger partial charge in [-0.05, 0) is 25.5 Å². The molecule has 0 aliphatic carbocycles. The van der Waals surface area contributed by atoms with Crippen LogP contribution in [0.1, 0.15) is 36.1 Å². The van der Waals surface area contributed by atoms with Crippen LogP contribution in [-0.4, -0.2) is 43.7 Å². The first kappa shape index (κ1) is 23.0. The fourth-order valence-corrected chi connectivity index (χ4v) is 3.43. The first-order chi connectivity index (χ1) is 14.7. The summed E-state index contributed by atoms with van der Waals surface area (Å²) < 4.78 is 9.69. The average Bonchev–Trinajstić information content (AvgIpc) is 3.40. The Kier molecular flexibility index (Phi) is 8.27. The van der Waals surface area contributed by atoms with Crippen LogP contribution in [-0.2, 0) is 20.1 Å². The zero-order valence-electron chi connectivity index (χ0n) is 17.9. The fraction of sp³-hybridized carbons (Fsp3) is 0.429. The zero-order chi connectivity index (χ0) is 20.8. The van der Waals surface area contributed by atoms with E-state index in [1.165, 1.54) is 0 Å². The number of hydrogen-bond acceptors (Lipinski definition) is 5. The maximum Gasteiger partial charge on any atom is 0.192 e. The molecule has 1 unspecified atom stereocenters. The normalized spacial score (nSPS) is 15.5. The molecule has 2 N–H and O–H groups in total. The Bertz CT molecular complexity index is 985. The summed E-state index contributed by atoms with van der Waals surface area (Å²) in [5.74, 6) is 3.40. The molecule has 3 aromatic rings. The molecule has 1 aliphatic rings. The smallest absolute Gasteiger partial charge is 0.192 e. The summed E-state index contributed by atoms with van der Waals surface area (Å²) in [5.41, 5.74) is 1.16. The third-order valence-electron chi connectivity index (χ3n) is 5.25. The molecule has 0 amide bonds. The van der Waals surface area contributed by atoms with Gasteiger partial charge in [0, 0.05) is 44.5 Å². The molecule has 1 aliphatic heterocycles. The van der Waals surface area contributed by atoms with Gasteiger partial charge in [0.05, 0.1) is 12.6 Å². The van der Waals surface area contributed by atoms with Gasteiger partial charge in [-0.25, -0.2) is 4.99 Å². The van der Waals surface area contributed by atoms with Crippen LogP contribution in [0.3, 0.4) is 0 Å². The van der Waals surface area contributed by atoms with Gasteiger partial charge in [0.2, 0.25) is 0 Å². The molecular formula is C21H29IN8O. The maximum absolute atomic E-state index is 5.79. The lowest BCUT2D eigenvalue weighted by molar-refractivity contribution is 0.261. The summed E-state index contributed by atoms with van der Waals surface area (Å²) in [7, 11) is 1.96. The number of aliphatic imine (C=N–C) groups is 1. The summed E-state index contributed by atoms with van der Waals surface area (Å²) in [6, 6.07) is 10.2. The molecule has 1 atom stereocenters. The second kappa shape index (κ2) is 11.1. The quantitative estimate of drug-likeness (QED) is 0.209. The average molecular weight is 536 g/mol. The molecule has 31 heavy (non-hydrogen) atoms. The van der Waals surface area contributed by atoms with Gasteiger partial charge < -0.3 is 19.9 Å². The summed E-state index contributed by atoms with van der Waals surface area (Å²) in [6.07, 6.45) is 5.60. The SMILES string of the molecule is Cc1nnc(CN=C(NCCCn2cccn2)NC2CCOc3ccccc32)n1C.I. The van der Waals surface area contributed by atoms with Crippen LogP contribution in [0.2, 0.25) is 0 Å². The molecule has 0 bridgehead atoms. The van der Waals surface area contributed by atoms with Crippen LogP contribution in [0.5, 0.6) is 5.75 Å². The lowest BCUT2D eigenvalue weighted by Crippen LogP contribution is -2.41. The van der Waals surface area contributed by atoms with E-state index in [0.717, 1.165) is 54.9 Å². The molecule has 0 saturated heterocycles. The lowest BCUT2D eigenvalue weighted by Gasteiger charge is -2.28. The minimum absolute atomic E-state index is 0. The molecule has 0 radical (unpaired) electrons. The number of para-hydroxylation sites is 1. The standard InChI is InChI=1S/C21H28N8O.HI/c1-16-26-27-20(28(16)2)15-23-21(22-10-5-12-29-13-6-11-24-29)25-18-9-14-30-19-8-4-3-7-17(18)19;/h3-4,6-8,11,13,18H,5,9-10,12,14-15H2,1-2H3,(H2,22,23,25);1H. The molecule has 1 aromatic carbocycles. The fourth-order valence-electron chi connectivity index (χ4n) is 3.43. The number of rotatable bonds is 7. The Hall–Kier alpha value is -2.63. The number of nitrogens with one attached hydrogen (secondary N) is 2. The molecule has 2 aromatic heterocycles. The van der Waals surface area contributed by atoms with Gasteiger partial charge in [-0.15, -0.1) is 34.2 Å². The number of guanidine groups is 1. The van der Waals surface area contributed by atoms with Crippen molar-refractivity contribution in [3.63, 3.8) is 0 Å². The molecular weight excluding hydrogens is 507 g/mol. The van der Waals surface area contributed by atoms with Gasteiger partial charge in [0.1, 0.15) is 18.1 Å². The lowest BCUT2D eigenvalue weighted by atomic mass is 10.0. The second-order valence-corrected chi connectivity index (χ2v) is 7.31. The van der Waals surface area contributed by atoms with Crippen molar-refractivity contribution in [1.29, 1.82) is 0 Å². The van der Waals surface area contributed by atoms with E-state index in [-0.39, 0.29) is 30.0 Å². The van der Waals surface area contributed by atoms with Gasteiger partial charge in [-0.1, -0.05) is 18.2 Å². The number of aromatic nitrogens is 5. The van der Waals surface area contributed by atoms with Gasteiger partial charge in [-0.2, -0.15) is 5.10 Å². The molecule has 9 nitrogen and oxygen atoms in total. The molecule has 0 saturated carbocycles. The largest absolute Gasteiger partial charge is 0.493 e. The van der Waals surface area contributed by atoms with E-state index in [1.807, 2.05) is 53.7 Å². The van der Waals surface area contributed by atoms with E-state index < -0.39 is 0 Å². The number of fused-ring (bicyclic) bond motifs is 1. The molecule has 166 valence electrons. The number of benzene rings is 1. The van der Waals surface area contributed by atoms with Crippen LogP contribution in [0, 0.1) is 6.92 Å². The predicted molar refractivity (Wildman–Crippen MR) is 130 cm³/mol. The first-order valence-corrected chi connectivity index (χ1v) is 10.3. The van der Waals surface area contributed by atoms with Crippen molar-refractivity contribution in [3.8, 4) is 5.75 Å². The second-order valence-electron chi connectivity index (χ2n) is 7.31. The highest BCUT2D eigenvalue weighted by Gasteiger charge is 2.22. The van der Waals surface area contributed by atoms with Crippen LogP contribution < -0.4 is 15.4 Å². The number of ether oxygens (including phenoxy) is 1. The maximum atomic E-state index is 5.79. The van der Waals surface area contributed by atoms with Crippen LogP contribution >= 0.6 is 24.0 Å². The van der Waals surface area contributed by atoms with Crippen LogP contribution in [0.25, 0.3) is 0 Å². The van der Waals surface area contributed by atoms with Crippen molar-refractivity contribution in [2.24, 2.45) is 12.0 Å². The number of aryl methyl sites for hydroxylation is 2. The third-order valence-corrected chi connectivity index (χ3v) is 5.25. The summed E-state index contributed by atoms with van der Waals surface area (Å²) >= 11 is 0. The molecule has 3 heterocycles. The summed E-state index contributed by atoms with van der Waals surface area (Å²) in [4.78, 5) is 4.78. The zero-order valence-corrected chi connectivity index (χ0v) is 20.2. The van der Waals surface area contributed by atoms with E-state index in [9.17, 15) is 0 Å². The van der Waals surface area contributed by atoms with Crippen molar-refractivity contribution < 1.29 is 4.74 Å². The number of halogens is 1. The summed E-state index contributed by atoms with van der Waals surface area (Å²) in [6.45, 7) is 4.72. The minimum Gasteiger partial charge on any atom is -0.493 e. The van der Waals surface area contributed by atoms with E-state index in [2.05, 4.69) is 32.0 Å². The van der Waals surface area contributed by atoms with Crippen LogP contribution in [0.4, 0.5) is 0 Å². The van der Waals surface area contributed by atoms with Crippen molar-refractivity contribution >= 4 is 29.9 Å². The molecule has 0 fully saturated rings. The number of hydrogen-bond donors (Lipinski definition) is 2. The van der Waals surface area contributed by atoms with E-state index in [1.54, 1.807) is 6.20 Å². The Morgan fingerprint density at radius 2 is 2.13 bits per heavy atom. The van der Waals surface area contributed by atoms with Crippen molar-refractivity contribution in [2.45, 2.75) is 38.9 Å². The highest BCUT2D eigenvalue weighted by atomic mass is 127. The van der Waals surface area contributed by atoms with Gasteiger partial charge in [-0.3, -0.25) is 4.68 Å². The topological polar surface area (TPSA) is 94.2 Å². The highest BCUT2D eigenvalue weighted by molar-refractivity contribution is 14.0. The summed E-state index contributed by atoms with van der Waals surface area (Å²) in [5, 5.41) is 19.6.